The summed E-state index contributed by atoms with van der Waals surface area (Å²) in [6, 6.07) is 11.9. The van der Waals surface area contributed by atoms with Crippen LogP contribution in [0, 0.1) is 13.8 Å². The standard InChI is InChI=1S/C17H18N2O/c1-11-4-3-5-12(2)16(11)19-17(20)14-6-7-15-13(10-14)8-9-18-15/h3-7,10,18H,8-9H2,1-2H3,(H,19,20). The maximum absolute atomic E-state index is 12.4. The summed E-state index contributed by atoms with van der Waals surface area (Å²) in [4.78, 5) is 12.4. The van der Waals surface area contributed by atoms with Crippen LogP contribution < -0.4 is 10.6 Å². The minimum atomic E-state index is -0.0444. The minimum Gasteiger partial charge on any atom is -0.384 e. The summed E-state index contributed by atoms with van der Waals surface area (Å²) in [6.45, 7) is 4.97. The van der Waals surface area contributed by atoms with Gasteiger partial charge in [0.15, 0.2) is 0 Å². The van der Waals surface area contributed by atoms with Gasteiger partial charge < -0.3 is 10.6 Å². The van der Waals surface area contributed by atoms with Crippen LogP contribution in [0.1, 0.15) is 27.0 Å². The lowest BCUT2D eigenvalue weighted by Gasteiger charge is -2.12. The van der Waals surface area contributed by atoms with Crippen molar-refractivity contribution >= 4 is 17.3 Å². The van der Waals surface area contributed by atoms with Gasteiger partial charge in [0, 0.05) is 23.5 Å². The number of anilines is 2. The Hall–Kier alpha value is -2.29. The zero-order valence-corrected chi connectivity index (χ0v) is 11.8. The number of para-hydroxylation sites is 1. The fourth-order valence-corrected chi connectivity index (χ4v) is 2.64. The first-order valence-corrected chi connectivity index (χ1v) is 6.89. The first-order valence-electron chi connectivity index (χ1n) is 6.89. The molecule has 1 aliphatic rings. The van der Waals surface area contributed by atoms with Crippen LogP contribution in [0.4, 0.5) is 11.4 Å². The number of benzene rings is 2. The Labute approximate surface area is 119 Å². The lowest BCUT2D eigenvalue weighted by Crippen LogP contribution is -2.14. The van der Waals surface area contributed by atoms with E-state index in [4.69, 9.17) is 0 Å². The van der Waals surface area contributed by atoms with Gasteiger partial charge in [-0.2, -0.15) is 0 Å². The molecule has 0 radical (unpaired) electrons. The number of hydrogen-bond donors (Lipinski definition) is 2. The van der Waals surface area contributed by atoms with Gasteiger partial charge in [0.05, 0.1) is 0 Å². The first kappa shape index (κ1) is 12.7. The molecule has 1 amide bonds. The first-order chi connectivity index (χ1) is 9.65. The van der Waals surface area contributed by atoms with Gasteiger partial charge in [0.1, 0.15) is 0 Å². The molecule has 2 aromatic carbocycles. The predicted molar refractivity (Wildman–Crippen MR) is 82.5 cm³/mol. The third kappa shape index (κ3) is 2.27. The van der Waals surface area contributed by atoms with Crippen LogP contribution in [0.3, 0.4) is 0 Å². The summed E-state index contributed by atoms with van der Waals surface area (Å²) in [6.07, 6.45) is 0.986. The van der Waals surface area contributed by atoms with E-state index >= 15 is 0 Å². The van der Waals surface area contributed by atoms with Crippen molar-refractivity contribution in [3.8, 4) is 0 Å². The van der Waals surface area contributed by atoms with Crippen molar-refractivity contribution in [3.63, 3.8) is 0 Å². The maximum atomic E-state index is 12.4. The molecular formula is C17H18N2O. The smallest absolute Gasteiger partial charge is 0.255 e. The largest absolute Gasteiger partial charge is 0.384 e. The normalized spacial score (nSPS) is 12.7. The molecule has 1 heterocycles. The molecule has 0 atom stereocenters. The lowest BCUT2D eigenvalue weighted by atomic mass is 10.1. The third-order valence-electron chi connectivity index (χ3n) is 3.80. The molecule has 3 heteroatoms. The molecule has 0 saturated carbocycles. The summed E-state index contributed by atoms with van der Waals surface area (Å²) >= 11 is 0. The number of aryl methyl sites for hydroxylation is 2. The average molecular weight is 266 g/mol. The highest BCUT2D eigenvalue weighted by atomic mass is 16.1. The second kappa shape index (κ2) is 5.00. The topological polar surface area (TPSA) is 41.1 Å². The van der Waals surface area contributed by atoms with Gasteiger partial charge in [0.25, 0.3) is 5.91 Å². The van der Waals surface area contributed by atoms with Crippen molar-refractivity contribution in [3.05, 3.63) is 58.7 Å². The number of carbonyl (C=O) groups is 1. The van der Waals surface area contributed by atoms with E-state index in [1.54, 1.807) is 0 Å². The number of amides is 1. The molecule has 3 nitrogen and oxygen atoms in total. The average Bonchev–Trinajstić information content (AvgIpc) is 2.90. The summed E-state index contributed by atoms with van der Waals surface area (Å²) in [5.41, 5.74) is 6.17. The van der Waals surface area contributed by atoms with Gasteiger partial charge in [-0.1, -0.05) is 18.2 Å². The molecule has 0 unspecified atom stereocenters. The Bertz CT molecular complexity index is 656. The highest BCUT2D eigenvalue weighted by molar-refractivity contribution is 6.05. The molecule has 0 spiro atoms. The molecule has 3 rings (SSSR count). The third-order valence-corrected chi connectivity index (χ3v) is 3.80. The molecular weight excluding hydrogens is 248 g/mol. The van der Waals surface area contributed by atoms with E-state index < -0.39 is 0 Å². The van der Waals surface area contributed by atoms with Crippen molar-refractivity contribution in [1.29, 1.82) is 0 Å². The summed E-state index contributed by atoms with van der Waals surface area (Å²) < 4.78 is 0. The number of hydrogen-bond acceptors (Lipinski definition) is 2. The second-order valence-corrected chi connectivity index (χ2v) is 5.27. The van der Waals surface area contributed by atoms with Gasteiger partial charge >= 0.3 is 0 Å². The molecule has 20 heavy (non-hydrogen) atoms. The quantitative estimate of drug-likeness (QED) is 0.873. The number of carbonyl (C=O) groups excluding carboxylic acids is 1. The second-order valence-electron chi connectivity index (χ2n) is 5.27. The van der Waals surface area contributed by atoms with E-state index in [0.29, 0.717) is 0 Å². The van der Waals surface area contributed by atoms with E-state index in [0.717, 1.165) is 41.0 Å². The summed E-state index contributed by atoms with van der Waals surface area (Å²) in [5.74, 6) is -0.0444. The van der Waals surface area contributed by atoms with Crippen molar-refractivity contribution in [2.75, 3.05) is 17.2 Å². The van der Waals surface area contributed by atoms with Crippen molar-refractivity contribution in [2.24, 2.45) is 0 Å². The molecule has 0 fully saturated rings. The van der Waals surface area contributed by atoms with Gasteiger partial charge in [-0.3, -0.25) is 4.79 Å². The Morgan fingerprint density at radius 2 is 1.90 bits per heavy atom. The predicted octanol–water partition coefficient (Wildman–Crippen LogP) is 3.52. The van der Waals surface area contributed by atoms with Gasteiger partial charge in [-0.25, -0.2) is 0 Å². The molecule has 102 valence electrons. The summed E-state index contributed by atoms with van der Waals surface area (Å²) in [5, 5.41) is 6.33. The molecule has 2 N–H and O–H groups in total. The maximum Gasteiger partial charge on any atom is 0.255 e. The molecule has 0 aliphatic carbocycles. The lowest BCUT2D eigenvalue weighted by molar-refractivity contribution is 0.102. The van der Waals surface area contributed by atoms with Crippen LogP contribution in [0.5, 0.6) is 0 Å². The van der Waals surface area contributed by atoms with Crippen molar-refractivity contribution in [1.82, 2.24) is 0 Å². The van der Waals surface area contributed by atoms with Crippen molar-refractivity contribution in [2.45, 2.75) is 20.3 Å². The number of rotatable bonds is 2. The Morgan fingerprint density at radius 3 is 2.65 bits per heavy atom. The van der Waals surface area contributed by atoms with Gasteiger partial charge in [-0.05, 0) is 55.2 Å². The molecule has 0 bridgehead atoms. The van der Waals surface area contributed by atoms with Gasteiger partial charge in [0.2, 0.25) is 0 Å². The Morgan fingerprint density at radius 1 is 1.15 bits per heavy atom. The van der Waals surface area contributed by atoms with Crippen LogP contribution in [0.15, 0.2) is 36.4 Å². The van der Waals surface area contributed by atoms with Crippen LogP contribution in [-0.2, 0) is 6.42 Å². The molecule has 2 aromatic rings. The van der Waals surface area contributed by atoms with E-state index in [1.165, 1.54) is 5.56 Å². The number of nitrogens with one attached hydrogen (secondary N) is 2. The fourth-order valence-electron chi connectivity index (χ4n) is 2.64. The summed E-state index contributed by atoms with van der Waals surface area (Å²) in [7, 11) is 0. The molecule has 1 aliphatic heterocycles. The molecule has 0 saturated heterocycles. The van der Waals surface area contributed by atoms with Crippen LogP contribution in [-0.4, -0.2) is 12.5 Å². The number of fused-ring (bicyclic) bond motifs is 1. The monoisotopic (exact) mass is 266 g/mol. The van der Waals surface area contributed by atoms with Crippen LogP contribution in [0.25, 0.3) is 0 Å². The van der Waals surface area contributed by atoms with E-state index in [2.05, 4.69) is 10.6 Å². The minimum absolute atomic E-state index is 0.0444. The SMILES string of the molecule is Cc1cccc(C)c1NC(=O)c1ccc2c(c1)CCN2. The van der Waals surface area contributed by atoms with Crippen molar-refractivity contribution < 1.29 is 4.79 Å². The van der Waals surface area contributed by atoms with Crippen LogP contribution in [0.2, 0.25) is 0 Å². The van der Waals surface area contributed by atoms with E-state index in [-0.39, 0.29) is 5.91 Å². The highest BCUT2D eigenvalue weighted by Crippen LogP contribution is 2.24. The fraction of sp³-hybridized carbons (Fsp3) is 0.235. The highest BCUT2D eigenvalue weighted by Gasteiger charge is 2.14. The zero-order chi connectivity index (χ0) is 14.1. The van der Waals surface area contributed by atoms with Crippen LogP contribution >= 0.6 is 0 Å². The Balaban J connectivity index is 1.86. The van der Waals surface area contributed by atoms with E-state index in [9.17, 15) is 4.79 Å². The van der Waals surface area contributed by atoms with E-state index in [1.807, 2.05) is 50.2 Å². The Kier molecular flexibility index (Phi) is 3.18. The van der Waals surface area contributed by atoms with Gasteiger partial charge in [-0.15, -0.1) is 0 Å². The molecule has 0 aromatic heterocycles. The zero-order valence-electron chi connectivity index (χ0n) is 11.8.